The Morgan fingerprint density at radius 3 is 2.88 bits per heavy atom. The van der Waals surface area contributed by atoms with Crippen molar-refractivity contribution in [3.8, 4) is 0 Å². The monoisotopic (exact) mass is 233 g/mol. The van der Waals surface area contributed by atoms with E-state index in [4.69, 9.17) is 0 Å². The predicted octanol–water partition coefficient (Wildman–Crippen LogP) is 2.37. The molecular formula is C12H17N4O+. The van der Waals surface area contributed by atoms with Crippen LogP contribution in [-0.4, -0.2) is 33.5 Å². The van der Waals surface area contributed by atoms with E-state index in [1.807, 2.05) is 14.0 Å². The summed E-state index contributed by atoms with van der Waals surface area (Å²) in [6.07, 6.45) is 8.41. The average Bonchev–Trinajstić information content (AvgIpc) is 2.93. The maximum atomic E-state index is 12.4. The predicted molar refractivity (Wildman–Crippen MR) is 65.3 cm³/mol. The van der Waals surface area contributed by atoms with Crippen LogP contribution in [0.2, 0.25) is 0 Å². The SMILES string of the molecule is CCCC1=C(C)[N+](C)(C(=O)n2ccnc2)C=N1. The Kier molecular flexibility index (Phi) is 2.93. The van der Waals surface area contributed by atoms with Crippen molar-refractivity contribution in [3.63, 3.8) is 0 Å². The lowest BCUT2D eigenvalue weighted by Crippen LogP contribution is -2.47. The van der Waals surface area contributed by atoms with Crippen molar-refractivity contribution in [3.05, 3.63) is 30.1 Å². The van der Waals surface area contributed by atoms with Gasteiger partial charge in [-0.25, -0.2) is 19.3 Å². The van der Waals surface area contributed by atoms with E-state index in [1.54, 1.807) is 18.7 Å². The first-order valence-electron chi connectivity index (χ1n) is 5.74. The number of carbonyl (C=O) groups excluding carboxylic acids is 1. The Hall–Kier alpha value is -1.75. The van der Waals surface area contributed by atoms with Crippen LogP contribution < -0.4 is 0 Å². The largest absolute Gasteiger partial charge is 0.439 e. The Balaban J connectivity index is 2.33. The second-order valence-corrected chi connectivity index (χ2v) is 4.35. The van der Waals surface area contributed by atoms with Crippen LogP contribution in [0.25, 0.3) is 0 Å². The van der Waals surface area contributed by atoms with Gasteiger partial charge >= 0.3 is 6.03 Å². The van der Waals surface area contributed by atoms with E-state index in [9.17, 15) is 4.79 Å². The number of nitrogens with zero attached hydrogens (tertiary/aromatic N) is 4. The number of carbonyl (C=O) groups is 1. The molecule has 0 saturated heterocycles. The van der Waals surface area contributed by atoms with Gasteiger partial charge in [-0.05, 0) is 6.42 Å². The van der Waals surface area contributed by atoms with E-state index >= 15 is 0 Å². The van der Waals surface area contributed by atoms with Gasteiger partial charge in [-0.1, -0.05) is 13.3 Å². The lowest BCUT2D eigenvalue weighted by molar-refractivity contribution is -0.681. The Bertz CT molecular complexity index is 487. The minimum atomic E-state index is -0.0603. The molecule has 1 aromatic rings. The summed E-state index contributed by atoms with van der Waals surface area (Å²) in [5.74, 6) is 0. The summed E-state index contributed by atoms with van der Waals surface area (Å²) < 4.78 is 1.59. The van der Waals surface area contributed by atoms with Gasteiger partial charge in [0.05, 0.1) is 7.05 Å². The lowest BCUT2D eigenvalue weighted by Gasteiger charge is -2.22. The fourth-order valence-electron chi connectivity index (χ4n) is 1.92. The number of rotatable bonds is 2. The van der Waals surface area contributed by atoms with Gasteiger partial charge in [-0.15, -0.1) is 0 Å². The maximum absolute atomic E-state index is 12.4. The van der Waals surface area contributed by atoms with Crippen LogP contribution >= 0.6 is 0 Å². The molecule has 1 unspecified atom stereocenters. The summed E-state index contributed by atoms with van der Waals surface area (Å²) in [5, 5.41) is 0. The minimum absolute atomic E-state index is 0.0603. The van der Waals surface area contributed by atoms with Crippen LogP contribution in [0.3, 0.4) is 0 Å². The van der Waals surface area contributed by atoms with Crippen LogP contribution in [0, 0.1) is 0 Å². The molecule has 0 N–H and O–H groups in total. The minimum Gasteiger partial charge on any atom is -0.245 e. The zero-order valence-corrected chi connectivity index (χ0v) is 10.4. The molecule has 5 heteroatoms. The van der Waals surface area contributed by atoms with Crippen molar-refractivity contribution in [2.45, 2.75) is 26.7 Å². The zero-order chi connectivity index (χ0) is 12.5. The Morgan fingerprint density at radius 2 is 2.29 bits per heavy atom. The van der Waals surface area contributed by atoms with Crippen molar-refractivity contribution >= 4 is 12.4 Å². The first kappa shape index (κ1) is 11.7. The third-order valence-electron chi connectivity index (χ3n) is 3.17. The van der Waals surface area contributed by atoms with E-state index in [1.165, 1.54) is 10.9 Å². The fraction of sp³-hybridized carbons (Fsp3) is 0.417. The molecule has 1 amide bonds. The van der Waals surface area contributed by atoms with Crippen molar-refractivity contribution in [2.75, 3.05) is 7.05 Å². The van der Waals surface area contributed by atoms with Gasteiger partial charge in [0.25, 0.3) is 0 Å². The summed E-state index contributed by atoms with van der Waals surface area (Å²) >= 11 is 0. The van der Waals surface area contributed by atoms with Crippen molar-refractivity contribution in [1.29, 1.82) is 0 Å². The number of hydrogen-bond donors (Lipinski definition) is 0. The third-order valence-corrected chi connectivity index (χ3v) is 3.17. The molecule has 1 aliphatic rings. The first-order chi connectivity index (χ1) is 8.09. The molecule has 2 heterocycles. The van der Waals surface area contributed by atoms with Crippen LogP contribution in [0.15, 0.2) is 35.1 Å². The fourth-order valence-corrected chi connectivity index (χ4v) is 1.92. The number of aliphatic imine (C=N–C) groups is 1. The quantitative estimate of drug-likeness (QED) is 0.736. The van der Waals surface area contributed by atoms with Crippen LogP contribution in [0.1, 0.15) is 26.7 Å². The molecule has 1 atom stereocenters. The summed E-state index contributed by atoms with van der Waals surface area (Å²) in [5.41, 5.74) is 2.01. The average molecular weight is 233 g/mol. The molecule has 5 nitrogen and oxygen atoms in total. The highest BCUT2D eigenvalue weighted by atomic mass is 16.2. The molecule has 1 aliphatic heterocycles. The molecule has 0 aromatic carbocycles. The second kappa shape index (κ2) is 4.25. The summed E-state index contributed by atoms with van der Waals surface area (Å²) in [4.78, 5) is 20.6. The molecule has 17 heavy (non-hydrogen) atoms. The third kappa shape index (κ3) is 1.82. The molecular weight excluding hydrogens is 216 g/mol. The van der Waals surface area contributed by atoms with E-state index in [0.29, 0.717) is 0 Å². The first-order valence-corrected chi connectivity index (χ1v) is 5.74. The van der Waals surface area contributed by atoms with Crippen LogP contribution in [-0.2, 0) is 0 Å². The molecule has 0 aliphatic carbocycles. The van der Waals surface area contributed by atoms with Gasteiger partial charge in [0.15, 0.2) is 0 Å². The molecule has 1 aromatic heterocycles. The van der Waals surface area contributed by atoms with Crippen molar-refractivity contribution < 1.29 is 9.28 Å². The number of quaternary nitrogens is 1. The van der Waals surface area contributed by atoms with E-state index < -0.39 is 0 Å². The van der Waals surface area contributed by atoms with Crippen molar-refractivity contribution in [1.82, 2.24) is 9.55 Å². The lowest BCUT2D eigenvalue weighted by atomic mass is 10.2. The second-order valence-electron chi connectivity index (χ2n) is 4.35. The van der Waals surface area contributed by atoms with Gasteiger partial charge in [0.2, 0.25) is 6.34 Å². The normalized spacial score (nSPS) is 23.5. The van der Waals surface area contributed by atoms with Gasteiger partial charge < -0.3 is 0 Å². The highest BCUT2D eigenvalue weighted by molar-refractivity contribution is 5.80. The van der Waals surface area contributed by atoms with Gasteiger partial charge in [-0.2, -0.15) is 4.48 Å². The molecule has 90 valence electrons. The molecule has 0 bridgehead atoms. The van der Waals surface area contributed by atoms with Crippen LogP contribution in [0.4, 0.5) is 4.79 Å². The van der Waals surface area contributed by atoms with E-state index in [2.05, 4.69) is 16.9 Å². The molecule has 0 saturated carbocycles. The highest BCUT2D eigenvalue weighted by Gasteiger charge is 2.39. The summed E-state index contributed by atoms with van der Waals surface area (Å²) in [6.45, 7) is 4.07. The van der Waals surface area contributed by atoms with Gasteiger partial charge in [0, 0.05) is 19.3 Å². The Morgan fingerprint density at radius 1 is 1.53 bits per heavy atom. The number of hydrogen-bond acceptors (Lipinski definition) is 3. The van der Waals surface area contributed by atoms with E-state index in [0.717, 1.165) is 24.2 Å². The standard InChI is InChI=1S/C12H17N4O/c1-4-5-11-10(2)16(3,9-14-11)12(17)15-7-6-13-8-15/h6-9H,4-5H2,1-3H3/q+1. The smallest absolute Gasteiger partial charge is 0.245 e. The Labute approximate surface area is 101 Å². The molecule has 0 fully saturated rings. The molecule has 2 rings (SSSR count). The number of imidazole rings is 1. The maximum Gasteiger partial charge on any atom is 0.439 e. The van der Waals surface area contributed by atoms with Crippen molar-refractivity contribution in [2.24, 2.45) is 4.99 Å². The number of amides is 1. The zero-order valence-electron chi connectivity index (χ0n) is 10.4. The summed E-state index contributed by atoms with van der Waals surface area (Å²) in [7, 11) is 1.85. The molecule has 0 radical (unpaired) electrons. The van der Waals surface area contributed by atoms with Gasteiger partial charge in [-0.3, -0.25) is 0 Å². The molecule has 0 spiro atoms. The topological polar surface area (TPSA) is 47.2 Å². The number of allylic oxidation sites excluding steroid dienone is 2. The van der Waals surface area contributed by atoms with Gasteiger partial charge in [0.1, 0.15) is 17.7 Å². The number of aromatic nitrogens is 2. The highest BCUT2D eigenvalue weighted by Crippen LogP contribution is 2.27. The van der Waals surface area contributed by atoms with E-state index in [-0.39, 0.29) is 10.5 Å². The van der Waals surface area contributed by atoms with Crippen LogP contribution in [0.5, 0.6) is 0 Å². The summed E-state index contributed by atoms with van der Waals surface area (Å²) in [6, 6.07) is -0.0603.